The molecule has 0 saturated heterocycles. The van der Waals surface area contributed by atoms with Crippen LogP contribution in [0.2, 0.25) is 0 Å². The van der Waals surface area contributed by atoms with Crippen molar-refractivity contribution in [2.45, 2.75) is 32.9 Å². The molecule has 0 radical (unpaired) electrons. The van der Waals surface area contributed by atoms with Crippen molar-refractivity contribution in [1.82, 2.24) is 9.88 Å². The van der Waals surface area contributed by atoms with E-state index >= 15 is 0 Å². The maximum Gasteiger partial charge on any atom is 0.125 e. The normalized spacial score (nSPS) is 12.9. The topological polar surface area (TPSA) is 28.2 Å². The molecule has 1 aromatic heterocycles. The third kappa shape index (κ3) is 3.51. The van der Waals surface area contributed by atoms with E-state index in [4.69, 9.17) is 0 Å². The van der Waals surface area contributed by atoms with Crippen LogP contribution in [0.1, 0.15) is 25.8 Å². The molecule has 84 valence electrons. The summed E-state index contributed by atoms with van der Waals surface area (Å²) in [5.41, 5.74) is 1.26. The van der Waals surface area contributed by atoms with Crippen LogP contribution in [0.4, 0.5) is 5.82 Å². The van der Waals surface area contributed by atoms with Gasteiger partial charge >= 0.3 is 0 Å². The lowest BCUT2D eigenvalue weighted by Crippen LogP contribution is -2.27. The molecule has 1 atom stereocenters. The summed E-state index contributed by atoms with van der Waals surface area (Å²) in [6.45, 7) is 5.42. The zero-order valence-corrected chi connectivity index (χ0v) is 10.1. The smallest absolute Gasteiger partial charge is 0.125 e. The highest BCUT2D eigenvalue weighted by molar-refractivity contribution is 5.34. The number of pyridine rings is 1. The summed E-state index contributed by atoms with van der Waals surface area (Å²) in [7, 11) is 4.04. The fourth-order valence-corrected chi connectivity index (χ4v) is 1.42. The summed E-state index contributed by atoms with van der Waals surface area (Å²) in [5, 5.41) is 3.02. The highest BCUT2D eigenvalue weighted by Crippen LogP contribution is 2.09. The zero-order chi connectivity index (χ0) is 11.3. The van der Waals surface area contributed by atoms with Crippen LogP contribution >= 0.6 is 0 Å². The van der Waals surface area contributed by atoms with Crippen LogP contribution in [-0.4, -0.2) is 30.0 Å². The van der Waals surface area contributed by atoms with E-state index in [0.717, 1.165) is 12.4 Å². The Hall–Kier alpha value is -1.09. The lowest BCUT2D eigenvalue weighted by atomic mass is 10.2. The van der Waals surface area contributed by atoms with Crippen LogP contribution < -0.4 is 5.32 Å². The molecule has 0 aromatic carbocycles. The van der Waals surface area contributed by atoms with Gasteiger partial charge in [0.15, 0.2) is 0 Å². The van der Waals surface area contributed by atoms with Crippen LogP contribution in [0.3, 0.4) is 0 Å². The van der Waals surface area contributed by atoms with Crippen molar-refractivity contribution in [2.75, 3.05) is 19.4 Å². The number of hydrogen-bond donors (Lipinski definition) is 1. The van der Waals surface area contributed by atoms with E-state index in [9.17, 15) is 0 Å². The first-order valence-corrected chi connectivity index (χ1v) is 5.50. The molecule has 1 N–H and O–H groups in total. The predicted molar refractivity (Wildman–Crippen MR) is 65.0 cm³/mol. The molecule has 0 spiro atoms. The number of anilines is 1. The summed E-state index contributed by atoms with van der Waals surface area (Å²) in [5.74, 6) is 0.921. The van der Waals surface area contributed by atoms with Gasteiger partial charge in [-0.3, -0.25) is 4.90 Å². The highest BCUT2D eigenvalue weighted by Gasteiger charge is 2.07. The van der Waals surface area contributed by atoms with Gasteiger partial charge in [-0.1, -0.05) is 13.0 Å². The Morgan fingerprint density at radius 3 is 2.67 bits per heavy atom. The molecule has 15 heavy (non-hydrogen) atoms. The Bertz CT molecular complexity index is 281. The van der Waals surface area contributed by atoms with Crippen molar-refractivity contribution < 1.29 is 0 Å². The second kappa shape index (κ2) is 5.71. The molecule has 0 aliphatic rings. The third-order valence-electron chi connectivity index (χ3n) is 2.86. The molecular weight excluding hydrogens is 186 g/mol. The fourth-order valence-electron chi connectivity index (χ4n) is 1.42. The summed E-state index contributed by atoms with van der Waals surface area (Å²) >= 11 is 0. The van der Waals surface area contributed by atoms with Gasteiger partial charge in [0.1, 0.15) is 5.82 Å². The number of hydrogen-bond acceptors (Lipinski definition) is 3. The average Bonchev–Trinajstić information content (AvgIpc) is 2.29. The standard InChI is InChI=1S/C12H21N3/c1-5-10(2)15(4)9-11-6-7-12(13-3)14-8-11/h6-8,10H,5,9H2,1-4H3,(H,13,14). The van der Waals surface area contributed by atoms with Gasteiger partial charge in [0.2, 0.25) is 0 Å². The van der Waals surface area contributed by atoms with E-state index in [1.54, 1.807) is 0 Å². The largest absolute Gasteiger partial charge is 0.373 e. The Morgan fingerprint density at radius 1 is 1.47 bits per heavy atom. The lowest BCUT2D eigenvalue weighted by Gasteiger charge is -2.23. The molecule has 1 aromatic rings. The molecule has 1 rings (SSSR count). The van der Waals surface area contributed by atoms with Crippen molar-refractivity contribution in [3.8, 4) is 0 Å². The van der Waals surface area contributed by atoms with Crippen molar-refractivity contribution in [2.24, 2.45) is 0 Å². The van der Waals surface area contributed by atoms with Gasteiger partial charge in [0.25, 0.3) is 0 Å². The SMILES string of the molecule is CCC(C)N(C)Cc1ccc(NC)nc1. The van der Waals surface area contributed by atoms with Crippen LogP contribution in [0.25, 0.3) is 0 Å². The van der Waals surface area contributed by atoms with E-state index in [1.807, 2.05) is 19.3 Å². The highest BCUT2D eigenvalue weighted by atomic mass is 15.1. The third-order valence-corrected chi connectivity index (χ3v) is 2.86. The maximum absolute atomic E-state index is 4.30. The number of rotatable bonds is 5. The van der Waals surface area contributed by atoms with Crippen LogP contribution in [0.5, 0.6) is 0 Å². The predicted octanol–water partition coefficient (Wildman–Crippen LogP) is 2.35. The van der Waals surface area contributed by atoms with Crippen LogP contribution in [-0.2, 0) is 6.54 Å². The molecule has 1 unspecified atom stereocenters. The number of aromatic nitrogens is 1. The number of nitrogens with one attached hydrogen (secondary N) is 1. The molecule has 0 bridgehead atoms. The Morgan fingerprint density at radius 2 is 2.20 bits per heavy atom. The minimum absolute atomic E-state index is 0.619. The van der Waals surface area contributed by atoms with Gasteiger partial charge in [-0.25, -0.2) is 4.98 Å². The molecule has 1 heterocycles. The minimum atomic E-state index is 0.619. The second-order valence-electron chi connectivity index (χ2n) is 3.97. The first kappa shape index (κ1) is 12.0. The minimum Gasteiger partial charge on any atom is -0.373 e. The summed E-state index contributed by atoms with van der Waals surface area (Å²) in [6, 6.07) is 4.76. The van der Waals surface area contributed by atoms with Crippen LogP contribution in [0, 0.1) is 0 Å². The van der Waals surface area contributed by atoms with E-state index in [1.165, 1.54) is 12.0 Å². The van der Waals surface area contributed by atoms with Gasteiger partial charge in [-0.2, -0.15) is 0 Å². The summed E-state index contributed by atoms with van der Waals surface area (Å²) < 4.78 is 0. The van der Waals surface area contributed by atoms with E-state index in [-0.39, 0.29) is 0 Å². The maximum atomic E-state index is 4.30. The molecule has 0 aliphatic heterocycles. The quantitative estimate of drug-likeness (QED) is 0.803. The second-order valence-corrected chi connectivity index (χ2v) is 3.97. The van der Waals surface area contributed by atoms with Gasteiger partial charge in [0, 0.05) is 25.8 Å². The molecule has 0 fully saturated rings. The molecular formula is C12H21N3. The fraction of sp³-hybridized carbons (Fsp3) is 0.583. The zero-order valence-electron chi connectivity index (χ0n) is 10.1. The van der Waals surface area contributed by atoms with E-state index < -0.39 is 0 Å². The van der Waals surface area contributed by atoms with Crippen molar-refractivity contribution in [3.63, 3.8) is 0 Å². The number of nitrogens with zero attached hydrogens (tertiary/aromatic N) is 2. The lowest BCUT2D eigenvalue weighted by molar-refractivity contribution is 0.243. The molecule has 3 heteroatoms. The van der Waals surface area contributed by atoms with Gasteiger partial charge < -0.3 is 5.32 Å². The van der Waals surface area contributed by atoms with Crippen molar-refractivity contribution in [1.29, 1.82) is 0 Å². The van der Waals surface area contributed by atoms with Gasteiger partial charge in [-0.15, -0.1) is 0 Å². The van der Waals surface area contributed by atoms with Gasteiger partial charge in [-0.05, 0) is 32.0 Å². The molecule has 3 nitrogen and oxygen atoms in total. The Balaban J connectivity index is 2.57. The monoisotopic (exact) mass is 207 g/mol. The molecule has 0 saturated carbocycles. The molecule has 0 amide bonds. The van der Waals surface area contributed by atoms with E-state index in [2.05, 4.69) is 42.2 Å². The molecule has 0 aliphatic carbocycles. The average molecular weight is 207 g/mol. The van der Waals surface area contributed by atoms with Gasteiger partial charge in [0.05, 0.1) is 0 Å². The first-order valence-electron chi connectivity index (χ1n) is 5.50. The van der Waals surface area contributed by atoms with Crippen molar-refractivity contribution >= 4 is 5.82 Å². The Labute approximate surface area is 92.5 Å². The van der Waals surface area contributed by atoms with Crippen molar-refractivity contribution in [3.05, 3.63) is 23.9 Å². The van der Waals surface area contributed by atoms with Crippen LogP contribution in [0.15, 0.2) is 18.3 Å². The summed E-state index contributed by atoms with van der Waals surface area (Å²) in [4.78, 5) is 6.64. The van der Waals surface area contributed by atoms with E-state index in [0.29, 0.717) is 6.04 Å². The Kier molecular flexibility index (Phi) is 4.56. The first-order chi connectivity index (χ1) is 7.17. The summed E-state index contributed by atoms with van der Waals surface area (Å²) in [6.07, 6.45) is 3.11.